The Morgan fingerprint density at radius 3 is 2.48 bits per heavy atom. The van der Waals surface area contributed by atoms with Gasteiger partial charge in [-0.2, -0.15) is 0 Å². The van der Waals surface area contributed by atoms with Crippen LogP contribution >= 0.6 is 0 Å². The number of halogens is 2. The minimum absolute atomic E-state index is 0.0119. The highest BCUT2D eigenvalue weighted by molar-refractivity contribution is 5.92. The first-order chi connectivity index (χ1) is 15.1. The summed E-state index contributed by atoms with van der Waals surface area (Å²) >= 11 is 0. The van der Waals surface area contributed by atoms with Crippen LogP contribution in [0, 0.1) is 17.6 Å². The van der Waals surface area contributed by atoms with Gasteiger partial charge in [0.2, 0.25) is 5.91 Å². The number of carbonyl (C=O) groups is 1. The molecule has 0 N–H and O–H groups in total. The molecule has 31 heavy (non-hydrogen) atoms. The smallest absolute Gasteiger partial charge is 0.226 e. The second-order valence-corrected chi connectivity index (χ2v) is 8.56. The standard InChI is InChI=1S/C25H25F2N3O/c26-19-14-21-23(8-11-28-24(21)22(27)15-19)29-12-9-18(10-13-29)25(31)30(20-6-7-20)16-17-4-2-1-3-5-17/h1-5,8,11,14-15,18,20H,6-7,9-10,12-13,16H2. The fourth-order valence-electron chi connectivity index (χ4n) is 4.60. The number of amides is 1. The lowest BCUT2D eigenvalue weighted by Crippen LogP contribution is -2.43. The molecule has 2 fully saturated rings. The molecule has 1 saturated heterocycles. The van der Waals surface area contributed by atoms with Gasteiger partial charge in [-0.05, 0) is 43.4 Å². The van der Waals surface area contributed by atoms with Gasteiger partial charge < -0.3 is 9.80 Å². The predicted octanol–water partition coefficient (Wildman–Crippen LogP) is 4.92. The van der Waals surface area contributed by atoms with Crippen LogP contribution in [0.4, 0.5) is 14.5 Å². The number of rotatable bonds is 5. The monoisotopic (exact) mass is 421 g/mol. The third-order valence-electron chi connectivity index (χ3n) is 6.39. The molecule has 2 heterocycles. The first-order valence-electron chi connectivity index (χ1n) is 10.9. The number of piperidine rings is 1. The molecule has 0 unspecified atom stereocenters. The van der Waals surface area contributed by atoms with E-state index in [-0.39, 0.29) is 17.3 Å². The summed E-state index contributed by atoms with van der Waals surface area (Å²) in [6, 6.07) is 14.5. The van der Waals surface area contributed by atoms with E-state index in [4.69, 9.17) is 0 Å². The van der Waals surface area contributed by atoms with Crippen molar-refractivity contribution < 1.29 is 13.6 Å². The average molecular weight is 421 g/mol. The van der Waals surface area contributed by atoms with Crippen LogP contribution in [0.3, 0.4) is 0 Å². The van der Waals surface area contributed by atoms with Crippen LogP contribution in [0.15, 0.2) is 54.7 Å². The van der Waals surface area contributed by atoms with Crippen molar-refractivity contribution in [2.45, 2.75) is 38.3 Å². The molecule has 0 atom stereocenters. The number of anilines is 1. The second-order valence-electron chi connectivity index (χ2n) is 8.56. The summed E-state index contributed by atoms with van der Waals surface area (Å²) in [6.07, 6.45) is 5.19. The molecule has 2 aliphatic rings. The Balaban J connectivity index is 1.30. The zero-order chi connectivity index (χ0) is 21.4. The fraction of sp³-hybridized carbons (Fsp3) is 0.360. The molecule has 0 bridgehead atoms. The minimum Gasteiger partial charge on any atom is -0.371 e. The number of hydrogen-bond acceptors (Lipinski definition) is 3. The van der Waals surface area contributed by atoms with E-state index in [2.05, 4.69) is 26.9 Å². The highest BCUT2D eigenvalue weighted by atomic mass is 19.1. The first-order valence-corrected chi connectivity index (χ1v) is 10.9. The number of carbonyl (C=O) groups excluding carboxylic acids is 1. The number of pyridine rings is 1. The summed E-state index contributed by atoms with van der Waals surface area (Å²) in [5.74, 6) is -1.03. The van der Waals surface area contributed by atoms with Crippen LogP contribution in [0.2, 0.25) is 0 Å². The van der Waals surface area contributed by atoms with Crippen LogP contribution in [-0.2, 0) is 11.3 Å². The van der Waals surface area contributed by atoms with Crippen LogP contribution < -0.4 is 4.90 Å². The highest BCUT2D eigenvalue weighted by Gasteiger charge is 2.37. The molecule has 6 heteroatoms. The highest BCUT2D eigenvalue weighted by Crippen LogP contribution is 2.34. The molecule has 2 aromatic carbocycles. The summed E-state index contributed by atoms with van der Waals surface area (Å²) in [5, 5.41) is 0.480. The van der Waals surface area contributed by atoms with E-state index >= 15 is 0 Å². The lowest BCUT2D eigenvalue weighted by Gasteiger charge is -2.36. The molecule has 1 amide bonds. The Bertz CT molecular complexity index is 1090. The SMILES string of the molecule is O=C(C1CCN(c2ccnc3c(F)cc(F)cc23)CC1)N(Cc1ccccc1)C1CC1. The molecule has 1 aliphatic heterocycles. The summed E-state index contributed by atoms with van der Waals surface area (Å²) < 4.78 is 28.0. The Hall–Kier alpha value is -3.02. The van der Waals surface area contributed by atoms with Gasteiger partial charge in [0.25, 0.3) is 0 Å². The van der Waals surface area contributed by atoms with E-state index in [1.165, 1.54) is 6.07 Å². The third-order valence-corrected chi connectivity index (χ3v) is 6.39. The van der Waals surface area contributed by atoms with Crippen LogP contribution in [-0.4, -0.2) is 34.9 Å². The van der Waals surface area contributed by atoms with Gasteiger partial charge in [-0.1, -0.05) is 30.3 Å². The maximum atomic E-state index is 14.1. The number of fused-ring (bicyclic) bond motifs is 1. The van der Waals surface area contributed by atoms with E-state index in [0.717, 1.165) is 43.0 Å². The Kier molecular flexibility index (Phi) is 5.30. The van der Waals surface area contributed by atoms with Crippen molar-refractivity contribution in [2.75, 3.05) is 18.0 Å². The second kappa shape index (κ2) is 8.25. The van der Waals surface area contributed by atoms with E-state index < -0.39 is 11.6 Å². The van der Waals surface area contributed by atoms with Crippen molar-refractivity contribution in [3.8, 4) is 0 Å². The minimum atomic E-state index is -0.650. The van der Waals surface area contributed by atoms with Gasteiger partial charge in [0, 0.05) is 54.9 Å². The van der Waals surface area contributed by atoms with Crippen LogP contribution in [0.5, 0.6) is 0 Å². The topological polar surface area (TPSA) is 36.4 Å². The van der Waals surface area contributed by atoms with E-state index in [0.29, 0.717) is 31.1 Å². The first kappa shape index (κ1) is 19.9. The molecule has 160 valence electrons. The lowest BCUT2D eigenvalue weighted by atomic mass is 9.94. The molecule has 3 aromatic rings. The Morgan fingerprint density at radius 2 is 1.77 bits per heavy atom. The Morgan fingerprint density at radius 1 is 1.03 bits per heavy atom. The van der Waals surface area contributed by atoms with Crippen LogP contribution in [0.25, 0.3) is 10.9 Å². The van der Waals surface area contributed by atoms with Crippen molar-refractivity contribution >= 4 is 22.5 Å². The molecule has 1 aliphatic carbocycles. The van der Waals surface area contributed by atoms with Crippen LogP contribution in [0.1, 0.15) is 31.2 Å². The van der Waals surface area contributed by atoms with Gasteiger partial charge in [-0.15, -0.1) is 0 Å². The molecular formula is C25H25F2N3O. The molecule has 5 rings (SSSR count). The normalized spacial score (nSPS) is 17.2. The number of benzene rings is 2. The quantitative estimate of drug-likeness (QED) is 0.587. The maximum Gasteiger partial charge on any atom is 0.226 e. The number of nitrogens with zero attached hydrogens (tertiary/aromatic N) is 3. The lowest BCUT2D eigenvalue weighted by molar-refractivity contribution is -0.137. The van der Waals surface area contributed by atoms with Gasteiger partial charge in [0.15, 0.2) is 5.82 Å². The predicted molar refractivity (Wildman–Crippen MR) is 117 cm³/mol. The molecule has 1 aromatic heterocycles. The van der Waals surface area contributed by atoms with E-state index in [1.54, 1.807) is 12.3 Å². The molecule has 0 radical (unpaired) electrons. The molecule has 1 saturated carbocycles. The van der Waals surface area contributed by atoms with Gasteiger partial charge in [-0.25, -0.2) is 8.78 Å². The fourth-order valence-corrected chi connectivity index (χ4v) is 4.60. The van der Waals surface area contributed by atoms with Crippen molar-refractivity contribution in [1.29, 1.82) is 0 Å². The van der Waals surface area contributed by atoms with E-state index in [9.17, 15) is 13.6 Å². The summed E-state index contributed by atoms with van der Waals surface area (Å²) in [6.45, 7) is 2.02. The molecular weight excluding hydrogens is 396 g/mol. The zero-order valence-corrected chi connectivity index (χ0v) is 17.3. The van der Waals surface area contributed by atoms with Crippen molar-refractivity contribution in [2.24, 2.45) is 5.92 Å². The Labute approximate surface area is 180 Å². The van der Waals surface area contributed by atoms with Gasteiger partial charge in [-0.3, -0.25) is 9.78 Å². The van der Waals surface area contributed by atoms with Crippen molar-refractivity contribution in [1.82, 2.24) is 9.88 Å². The van der Waals surface area contributed by atoms with Gasteiger partial charge >= 0.3 is 0 Å². The van der Waals surface area contributed by atoms with Gasteiger partial charge in [0.1, 0.15) is 11.3 Å². The molecule has 4 nitrogen and oxygen atoms in total. The summed E-state index contributed by atoms with van der Waals surface area (Å²) in [7, 11) is 0. The van der Waals surface area contributed by atoms with Crippen molar-refractivity contribution in [3.05, 3.63) is 71.9 Å². The zero-order valence-electron chi connectivity index (χ0n) is 17.3. The van der Waals surface area contributed by atoms with E-state index in [1.807, 2.05) is 18.2 Å². The average Bonchev–Trinajstić information content (AvgIpc) is 3.63. The molecule has 0 spiro atoms. The largest absolute Gasteiger partial charge is 0.371 e. The number of aromatic nitrogens is 1. The van der Waals surface area contributed by atoms with Gasteiger partial charge in [0.05, 0.1) is 0 Å². The van der Waals surface area contributed by atoms with Crippen molar-refractivity contribution in [3.63, 3.8) is 0 Å². The maximum absolute atomic E-state index is 14.1. The summed E-state index contributed by atoms with van der Waals surface area (Å²) in [5.41, 5.74) is 2.12. The number of hydrogen-bond donors (Lipinski definition) is 0. The summed E-state index contributed by atoms with van der Waals surface area (Å²) in [4.78, 5) is 21.6. The third kappa shape index (κ3) is 4.11.